The molecule has 0 saturated heterocycles. The second-order valence-electron chi connectivity index (χ2n) is 3.57. The van der Waals surface area contributed by atoms with Crippen LogP contribution in [0.5, 0.6) is 0 Å². The van der Waals surface area contributed by atoms with Crippen LogP contribution in [0.2, 0.25) is 5.02 Å². The van der Waals surface area contributed by atoms with Crippen molar-refractivity contribution in [1.29, 1.82) is 0 Å². The maximum Gasteiger partial charge on any atom is 0.0453 e. The van der Waals surface area contributed by atoms with Gasteiger partial charge < -0.3 is 5.32 Å². The zero-order chi connectivity index (χ0) is 10.4. The van der Waals surface area contributed by atoms with Crippen molar-refractivity contribution in [2.45, 2.75) is 33.2 Å². The summed E-state index contributed by atoms with van der Waals surface area (Å²) in [5.74, 6) is 0. The van der Waals surface area contributed by atoms with Gasteiger partial charge >= 0.3 is 0 Å². The van der Waals surface area contributed by atoms with Crippen molar-refractivity contribution in [2.24, 2.45) is 0 Å². The normalized spacial score (nSPS) is 10.5. The zero-order valence-electron chi connectivity index (χ0n) is 8.94. The first-order chi connectivity index (χ1) is 6.75. The van der Waals surface area contributed by atoms with E-state index in [-0.39, 0.29) is 0 Å². The van der Waals surface area contributed by atoms with Gasteiger partial charge in [0.1, 0.15) is 0 Å². The molecule has 0 aliphatic rings. The van der Waals surface area contributed by atoms with Crippen LogP contribution < -0.4 is 5.32 Å². The van der Waals surface area contributed by atoms with Gasteiger partial charge in [-0.3, -0.25) is 0 Å². The summed E-state index contributed by atoms with van der Waals surface area (Å²) in [4.78, 5) is 0. The number of aryl methyl sites for hydroxylation is 1. The largest absolute Gasteiger partial charge is 0.313 e. The molecule has 0 radical (unpaired) electrons. The van der Waals surface area contributed by atoms with E-state index >= 15 is 0 Å². The molecule has 0 saturated carbocycles. The number of nitrogens with one attached hydrogen (secondary N) is 1. The summed E-state index contributed by atoms with van der Waals surface area (Å²) in [5.41, 5.74) is 2.49. The molecule has 1 aromatic rings. The van der Waals surface area contributed by atoms with Gasteiger partial charge in [0.2, 0.25) is 0 Å². The molecule has 0 unspecified atom stereocenters. The molecule has 14 heavy (non-hydrogen) atoms. The van der Waals surface area contributed by atoms with Crippen LogP contribution in [0.4, 0.5) is 0 Å². The number of hydrogen-bond acceptors (Lipinski definition) is 1. The molecule has 0 aromatic heterocycles. The SMILES string of the molecule is CCCCNCc1c(C)cccc1Cl. The average Bonchev–Trinajstić information content (AvgIpc) is 2.16. The second-order valence-corrected chi connectivity index (χ2v) is 3.97. The Labute approximate surface area is 91.5 Å². The molecular weight excluding hydrogens is 194 g/mol. The molecule has 0 amide bonds. The van der Waals surface area contributed by atoms with Crippen molar-refractivity contribution >= 4 is 11.6 Å². The van der Waals surface area contributed by atoms with E-state index < -0.39 is 0 Å². The van der Waals surface area contributed by atoms with E-state index in [9.17, 15) is 0 Å². The molecule has 0 heterocycles. The lowest BCUT2D eigenvalue weighted by Gasteiger charge is -2.09. The maximum absolute atomic E-state index is 6.10. The Morgan fingerprint density at radius 2 is 2.14 bits per heavy atom. The van der Waals surface area contributed by atoms with E-state index in [1.54, 1.807) is 0 Å². The Morgan fingerprint density at radius 1 is 1.36 bits per heavy atom. The van der Waals surface area contributed by atoms with Crippen LogP contribution >= 0.6 is 11.6 Å². The van der Waals surface area contributed by atoms with E-state index in [1.807, 2.05) is 12.1 Å². The zero-order valence-corrected chi connectivity index (χ0v) is 9.69. The Bertz CT molecular complexity index is 263. The topological polar surface area (TPSA) is 12.0 Å². The first-order valence-electron chi connectivity index (χ1n) is 5.20. The van der Waals surface area contributed by atoms with Gasteiger partial charge in [0, 0.05) is 11.6 Å². The maximum atomic E-state index is 6.10. The van der Waals surface area contributed by atoms with Gasteiger partial charge in [0.15, 0.2) is 0 Å². The molecule has 2 heteroatoms. The van der Waals surface area contributed by atoms with E-state index in [0.29, 0.717) is 0 Å². The molecule has 0 aliphatic carbocycles. The van der Waals surface area contributed by atoms with Gasteiger partial charge in [-0.05, 0) is 37.1 Å². The molecule has 1 aromatic carbocycles. The Balaban J connectivity index is 2.49. The minimum absolute atomic E-state index is 0.869. The molecule has 0 spiro atoms. The van der Waals surface area contributed by atoms with Crippen molar-refractivity contribution in [3.63, 3.8) is 0 Å². The highest BCUT2D eigenvalue weighted by molar-refractivity contribution is 6.31. The molecule has 1 rings (SSSR count). The molecule has 1 nitrogen and oxygen atoms in total. The Hall–Kier alpha value is -0.530. The van der Waals surface area contributed by atoms with E-state index in [4.69, 9.17) is 11.6 Å². The van der Waals surface area contributed by atoms with Gasteiger partial charge in [-0.15, -0.1) is 0 Å². The number of unbranched alkanes of at least 4 members (excludes halogenated alkanes) is 1. The summed E-state index contributed by atoms with van der Waals surface area (Å²) >= 11 is 6.10. The van der Waals surface area contributed by atoms with Crippen molar-refractivity contribution in [3.05, 3.63) is 34.3 Å². The number of halogens is 1. The first-order valence-corrected chi connectivity index (χ1v) is 5.58. The fourth-order valence-corrected chi connectivity index (χ4v) is 1.69. The number of rotatable bonds is 5. The summed E-state index contributed by atoms with van der Waals surface area (Å²) < 4.78 is 0. The average molecular weight is 212 g/mol. The fraction of sp³-hybridized carbons (Fsp3) is 0.500. The minimum atomic E-state index is 0.869. The molecule has 0 bridgehead atoms. The lowest BCUT2D eigenvalue weighted by atomic mass is 10.1. The highest BCUT2D eigenvalue weighted by Crippen LogP contribution is 2.18. The van der Waals surface area contributed by atoms with E-state index in [1.165, 1.54) is 24.0 Å². The number of benzene rings is 1. The summed E-state index contributed by atoms with van der Waals surface area (Å²) in [5, 5.41) is 4.27. The molecule has 1 N–H and O–H groups in total. The molecule has 0 atom stereocenters. The van der Waals surface area contributed by atoms with Gasteiger partial charge in [0.05, 0.1) is 0 Å². The third-order valence-corrected chi connectivity index (χ3v) is 2.72. The van der Waals surface area contributed by atoms with Gasteiger partial charge in [-0.2, -0.15) is 0 Å². The quantitative estimate of drug-likeness (QED) is 0.735. The molecule has 78 valence electrons. The van der Waals surface area contributed by atoms with Gasteiger partial charge in [-0.1, -0.05) is 37.1 Å². The third-order valence-electron chi connectivity index (χ3n) is 2.36. The van der Waals surface area contributed by atoms with Crippen molar-refractivity contribution in [1.82, 2.24) is 5.32 Å². The minimum Gasteiger partial charge on any atom is -0.313 e. The van der Waals surface area contributed by atoms with Crippen molar-refractivity contribution in [2.75, 3.05) is 6.54 Å². The van der Waals surface area contributed by atoms with Crippen LogP contribution in [0.25, 0.3) is 0 Å². The lowest BCUT2D eigenvalue weighted by Crippen LogP contribution is -2.15. The van der Waals surface area contributed by atoms with Crippen LogP contribution in [0.3, 0.4) is 0 Å². The van der Waals surface area contributed by atoms with Crippen LogP contribution in [0, 0.1) is 6.92 Å². The molecule has 0 aliphatic heterocycles. The smallest absolute Gasteiger partial charge is 0.0453 e. The number of hydrogen-bond donors (Lipinski definition) is 1. The van der Waals surface area contributed by atoms with E-state index in [0.717, 1.165) is 18.1 Å². The van der Waals surface area contributed by atoms with Gasteiger partial charge in [0.25, 0.3) is 0 Å². The third kappa shape index (κ3) is 3.32. The Morgan fingerprint density at radius 3 is 2.79 bits per heavy atom. The predicted octanol–water partition coefficient (Wildman–Crippen LogP) is 3.54. The van der Waals surface area contributed by atoms with Crippen LogP contribution in [0.1, 0.15) is 30.9 Å². The highest BCUT2D eigenvalue weighted by atomic mass is 35.5. The van der Waals surface area contributed by atoms with Crippen molar-refractivity contribution < 1.29 is 0 Å². The summed E-state index contributed by atoms with van der Waals surface area (Å²) in [6.07, 6.45) is 2.46. The van der Waals surface area contributed by atoms with Crippen LogP contribution in [0.15, 0.2) is 18.2 Å². The highest BCUT2D eigenvalue weighted by Gasteiger charge is 2.01. The summed E-state index contributed by atoms with van der Waals surface area (Å²) in [6.45, 7) is 6.25. The van der Waals surface area contributed by atoms with Crippen molar-refractivity contribution in [3.8, 4) is 0 Å². The van der Waals surface area contributed by atoms with Crippen LogP contribution in [-0.4, -0.2) is 6.54 Å². The second kappa shape index (κ2) is 6.05. The Kier molecular flexibility index (Phi) is 4.99. The fourth-order valence-electron chi connectivity index (χ4n) is 1.41. The van der Waals surface area contributed by atoms with Crippen LogP contribution in [-0.2, 0) is 6.54 Å². The summed E-state index contributed by atoms with van der Waals surface area (Å²) in [6, 6.07) is 6.04. The van der Waals surface area contributed by atoms with E-state index in [2.05, 4.69) is 25.2 Å². The molecule has 0 fully saturated rings. The van der Waals surface area contributed by atoms with Gasteiger partial charge in [-0.25, -0.2) is 0 Å². The predicted molar refractivity (Wildman–Crippen MR) is 62.8 cm³/mol. The lowest BCUT2D eigenvalue weighted by molar-refractivity contribution is 0.640. The molecular formula is C12H18ClN. The standard InChI is InChI=1S/C12H18ClN/c1-3-4-8-14-9-11-10(2)6-5-7-12(11)13/h5-7,14H,3-4,8-9H2,1-2H3. The first kappa shape index (κ1) is 11.5. The monoisotopic (exact) mass is 211 g/mol. The summed E-state index contributed by atoms with van der Waals surface area (Å²) in [7, 11) is 0.